The molecular formula is C45H33B5N4O. The fraction of sp³-hybridized carbons (Fsp3) is 0. The van der Waals surface area contributed by atoms with E-state index in [1.54, 1.807) is 0 Å². The van der Waals surface area contributed by atoms with Crippen LogP contribution in [0.4, 0.5) is 0 Å². The first-order valence-corrected chi connectivity index (χ1v) is 18.8. The van der Waals surface area contributed by atoms with Gasteiger partial charge in [-0.15, -0.1) is 16.4 Å². The Morgan fingerprint density at radius 3 is 1.80 bits per heavy atom. The van der Waals surface area contributed by atoms with Crippen LogP contribution in [0, 0.1) is 0 Å². The molecule has 0 N–H and O–H groups in total. The van der Waals surface area contributed by atoms with Crippen LogP contribution in [-0.2, 0) is 0 Å². The van der Waals surface area contributed by atoms with Gasteiger partial charge in [0.2, 0.25) is 0 Å². The molecule has 3 aromatic heterocycles. The summed E-state index contributed by atoms with van der Waals surface area (Å²) in [4.78, 5) is 15.4. The zero-order valence-corrected chi connectivity index (χ0v) is 31.5. The van der Waals surface area contributed by atoms with Gasteiger partial charge >= 0.3 is 0 Å². The van der Waals surface area contributed by atoms with Crippen molar-refractivity contribution in [2.75, 3.05) is 0 Å². The first-order chi connectivity index (χ1) is 26.9. The van der Waals surface area contributed by atoms with Gasteiger partial charge in [-0.3, -0.25) is 0 Å². The molecule has 0 atom stereocenters. The minimum Gasteiger partial charge on any atom is -0.455 e. The Kier molecular flexibility index (Phi) is 7.70. The summed E-state index contributed by atoms with van der Waals surface area (Å²) in [5, 5.41) is 4.49. The number of furan rings is 1. The summed E-state index contributed by atoms with van der Waals surface area (Å²) in [6.45, 7) is 0. The lowest BCUT2D eigenvalue weighted by atomic mass is 9.60. The number of rotatable bonds is 5. The maximum atomic E-state index is 6.73. The molecule has 10 aromatic rings. The molecule has 0 saturated carbocycles. The fourth-order valence-corrected chi connectivity index (χ4v) is 8.32. The predicted octanol–water partition coefficient (Wildman–Crippen LogP) is 2.83. The van der Waals surface area contributed by atoms with Crippen LogP contribution in [0.5, 0.6) is 0 Å². The van der Waals surface area contributed by atoms with Gasteiger partial charge in [-0.05, 0) is 53.6 Å². The smallest absolute Gasteiger partial charge is 0.167 e. The van der Waals surface area contributed by atoms with Crippen LogP contribution < -0.4 is 27.3 Å². The van der Waals surface area contributed by atoms with Crippen LogP contribution in [0.3, 0.4) is 0 Å². The SMILES string of the molecule is Bc1c(B)c(B)c(-c2nc(-c3ccccc3)nc(-c3cccc4c3oc3ccc(-n5c6ccccc6c6cc(-c7ccccc7)ccc65)cc34)n2)c(B)c1B. The molecule has 0 fully saturated rings. The van der Waals surface area contributed by atoms with Gasteiger partial charge < -0.3 is 8.98 Å². The molecular weight excluding hydrogens is 667 g/mol. The summed E-state index contributed by atoms with van der Waals surface area (Å²) in [6.07, 6.45) is 0. The first-order valence-electron chi connectivity index (χ1n) is 18.8. The van der Waals surface area contributed by atoms with E-state index in [2.05, 4.69) is 165 Å². The Bertz CT molecular complexity index is 3130. The molecule has 5 nitrogen and oxygen atoms in total. The average molecular weight is 700 g/mol. The molecule has 0 unspecified atom stereocenters. The second-order valence-electron chi connectivity index (χ2n) is 14.6. The Labute approximate surface area is 323 Å². The van der Waals surface area contributed by atoms with E-state index in [0.29, 0.717) is 17.5 Å². The number of aromatic nitrogens is 4. The van der Waals surface area contributed by atoms with E-state index in [1.165, 1.54) is 49.2 Å². The van der Waals surface area contributed by atoms with Gasteiger partial charge in [0.1, 0.15) is 50.4 Å². The standard InChI is InChI=1S/C45H33B5N4O/c46-37-36(38(47)40(49)41(50)39(37)48)45-52-43(25-12-5-2-6-13-25)51-44(53-45)30-16-9-15-29-32-23-27(19-21-35(32)55-42(29)30)54-33-17-8-7-14-28(33)31-22-26(18-20-34(31)54)24-10-3-1-4-11-24/h1-23H,46-50H2. The Morgan fingerprint density at radius 1 is 0.418 bits per heavy atom. The third-order valence-corrected chi connectivity index (χ3v) is 11.7. The van der Waals surface area contributed by atoms with E-state index < -0.39 is 0 Å². The molecule has 55 heavy (non-hydrogen) atoms. The summed E-state index contributed by atoms with van der Waals surface area (Å²) in [6, 6.07) is 48.9. The monoisotopic (exact) mass is 700 g/mol. The molecule has 0 aliphatic rings. The van der Waals surface area contributed by atoms with Crippen molar-refractivity contribution >= 4 is 110 Å². The van der Waals surface area contributed by atoms with E-state index in [-0.39, 0.29) is 0 Å². The van der Waals surface area contributed by atoms with Crippen molar-refractivity contribution < 1.29 is 4.42 Å². The second-order valence-corrected chi connectivity index (χ2v) is 14.6. The maximum absolute atomic E-state index is 6.73. The summed E-state index contributed by atoms with van der Waals surface area (Å²) in [7, 11) is 10.9. The minimum atomic E-state index is 0.583. The van der Waals surface area contributed by atoms with Crippen molar-refractivity contribution in [3.05, 3.63) is 140 Å². The van der Waals surface area contributed by atoms with Crippen molar-refractivity contribution in [2.24, 2.45) is 0 Å². The van der Waals surface area contributed by atoms with Gasteiger partial charge in [-0.1, -0.05) is 108 Å². The summed E-state index contributed by atoms with van der Waals surface area (Å²) >= 11 is 0. The van der Waals surface area contributed by atoms with Crippen LogP contribution in [0.15, 0.2) is 144 Å². The first kappa shape index (κ1) is 33.1. The van der Waals surface area contributed by atoms with Crippen molar-refractivity contribution in [2.45, 2.75) is 0 Å². The van der Waals surface area contributed by atoms with Crippen molar-refractivity contribution in [3.63, 3.8) is 0 Å². The van der Waals surface area contributed by atoms with Crippen molar-refractivity contribution in [1.82, 2.24) is 19.5 Å². The average Bonchev–Trinajstić information content (AvgIpc) is 3.78. The minimum absolute atomic E-state index is 0.583. The van der Waals surface area contributed by atoms with E-state index >= 15 is 0 Å². The Hall–Kier alpha value is -6.53. The van der Waals surface area contributed by atoms with Crippen LogP contribution in [0.2, 0.25) is 0 Å². The molecule has 0 bridgehead atoms. The van der Waals surface area contributed by atoms with Gasteiger partial charge in [0, 0.05) is 38.4 Å². The van der Waals surface area contributed by atoms with Crippen molar-refractivity contribution in [3.8, 4) is 51.0 Å². The van der Waals surface area contributed by atoms with Gasteiger partial charge in [0.25, 0.3) is 0 Å². The van der Waals surface area contributed by atoms with E-state index in [4.69, 9.17) is 19.4 Å². The summed E-state index contributed by atoms with van der Waals surface area (Å²) < 4.78 is 9.10. The molecule has 0 spiro atoms. The van der Waals surface area contributed by atoms with Gasteiger partial charge in [-0.2, -0.15) is 0 Å². The van der Waals surface area contributed by atoms with Gasteiger partial charge in [-0.25, -0.2) is 15.0 Å². The van der Waals surface area contributed by atoms with Crippen LogP contribution in [-0.4, -0.2) is 58.8 Å². The lowest BCUT2D eigenvalue weighted by Gasteiger charge is -2.20. The van der Waals surface area contributed by atoms with Gasteiger partial charge in [0.05, 0.1) is 16.6 Å². The van der Waals surface area contributed by atoms with Gasteiger partial charge in [0.15, 0.2) is 17.5 Å². The molecule has 0 amide bonds. The lowest BCUT2D eigenvalue weighted by Crippen LogP contribution is -2.55. The number of nitrogens with zero attached hydrogens (tertiary/aromatic N) is 4. The summed E-state index contributed by atoms with van der Waals surface area (Å²) in [5.41, 5.74) is 16.4. The number of hydrogen-bond donors (Lipinski definition) is 0. The zero-order valence-electron chi connectivity index (χ0n) is 31.5. The highest BCUT2D eigenvalue weighted by Crippen LogP contribution is 2.39. The maximum Gasteiger partial charge on any atom is 0.167 e. The van der Waals surface area contributed by atoms with Crippen LogP contribution >= 0.6 is 0 Å². The lowest BCUT2D eigenvalue weighted by molar-refractivity contribution is 0.669. The molecule has 254 valence electrons. The zero-order chi connectivity index (χ0) is 37.4. The molecule has 10 rings (SSSR count). The highest BCUT2D eigenvalue weighted by Gasteiger charge is 2.22. The normalized spacial score (nSPS) is 11.6. The predicted molar refractivity (Wildman–Crippen MR) is 244 cm³/mol. The molecule has 10 heteroatoms. The highest BCUT2D eigenvalue weighted by molar-refractivity contribution is 6.68. The topological polar surface area (TPSA) is 56.7 Å². The number of para-hydroxylation sites is 2. The third kappa shape index (κ3) is 5.27. The molecule has 0 aliphatic carbocycles. The fourth-order valence-electron chi connectivity index (χ4n) is 8.32. The largest absolute Gasteiger partial charge is 0.455 e. The van der Waals surface area contributed by atoms with Crippen molar-refractivity contribution in [1.29, 1.82) is 0 Å². The number of benzene rings is 7. The Balaban J connectivity index is 1.17. The molecule has 7 aromatic carbocycles. The highest BCUT2D eigenvalue weighted by atomic mass is 16.3. The molecule has 3 heterocycles. The summed E-state index contributed by atoms with van der Waals surface area (Å²) in [5.74, 6) is 1.88. The quantitative estimate of drug-likeness (QED) is 0.260. The van der Waals surface area contributed by atoms with E-state index in [1.807, 2.05) is 18.2 Å². The second kappa shape index (κ2) is 12.8. The molecule has 0 saturated heterocycles. The third-order valence-electron chi connectivity index (χ3n) is 11.7. The number of hydrogen-bond acceptors (Lipinski definition) is 4. The van der Waals surface area contributed by atoms with E-state index in [9.17, 15) is 0 Å². The molecule has 0 radical (unpaired) electrons. The van der Waals surface area contributed by atoms with Crippen LogP contribution in [0.25, 0.3) is 94.7 Å². The molecule has 0 aliphatic heterocycles. The Morgan fingerprint density at radius 2 is 1.04 bits per heavy atom. The van der Waals surface area contributed by atoms with Crippen LogP contribution in [0.1, 0.15) is 0 Å². The van der Waals surface area contributed by atoms with E-state index in [0.717, 1.165) is 55.3 Å². The number of fused-ring (bicyclic) bond motifs is 6.